The highest BCUT2D eigenvalue weighted by Gasteiger charge is 2.57. The summed E-state index contributed by atoms with van der Waals surface area (Å²) in [5.74, 6) is 0. The third kappa shape index (κ3) is 8.72. The molecule has 0 aromatic heterocycles. The van der Waals surface area contributed by atoms with E-state index in [1.165, 1.54) is 13.8 Å². The molecule has 0 aromatic carbocycles. The smallest absolute Gasteiger partial charge is 0.187 e. The molecule has 0 bridgehead atoms. The topological polar surface area (TPSA) is 387 Å². The second-order valence-corrected chi connectivity index (χ2v) is 13.9. The third-order valence-corrected chi connectivity index (χ3v) is 10.2. The standard InChI is InChI=1S/C30H52O24/c1-6-11(34)15(38)18(41)27(46-6)53-24-21(44)22(51-29-20(43)17(40)13(36)8(3-31)49-29)10(5-33)50-30(24)52-23-14(37)9(4-32)48-26(45)25(23)54-28-19(42)16(39)12(35)7(2)47-28/h6-45H,3-5H2,1-2H3/t6-,7-,8+,9+,10+,11+,12+,13-,14-,15+,16+,17-,18-,19-,20+,21-,22-,23-,24+,25+,26?,27-,28-,29+,30-/m0/s1. The lowest BCUT2D eigenvalue weighted by atomic mass is 9.95. The van der Waals surface area contributed by atoms with E-state index in [9.17, 15) is 76.6 Å². The van der Waals surface area contributed by atoms with Crippen LogP contribution in [-0.4, -0.2) is 250 Å². The molecule has 54 heavy (non-hydrogen) atoms. The van der Waals surface area contributed by atoms with E-state index in [4.69, 9.17) is 42.6 Å². The second-order valence-electron chi connectivity index (χ2n) is 13.9. The molecule has 24 nitrogen and oxygen atoms in total. The number of hydrogen-bond donors (Lipinski definition) is 15. The highest BCUT2D eigenvalue weighted by Crippen LogP contribution is 2.37. The third-order valence-electron chi connectivity index (χ3n) is 10.2. The first-order valence-corrected chi connectivity index (χ1v) is 17.3. The van der Waals surface area contributed by atoms with Crippen LogP contribution in [-0.2, 0) is 42.6 Å². The second kappa shape index (κ2) is 18.3. The molecule has 1 unspecified atom stereocenters. The van der Waals surface area contributed by atoms with Crippen LogP contribution in [0, 0.1) is 0 Å². The summed E-state index contributed by atoms with van der Waals surface area (Å²) in [5, 5.41) is 157. The minimum Gasteiger partial charge on any atom is -0.394 e. The minimum atomic E-state index is -2.10. The number of aliphatic hydroxyl groups is 15. The van der Waals surface area contributed by atoms with E-state index >= 15 is 0 Å². The van der Waals surface area contributed by atoms with Crippen LogP contribution in [0.15, 0.2) is 0 Å². The molecule has 5 heterocycles. The summed E-state index contributed by atoms with van der Waals surface area (Å²) in [7, 11) is 0. The van der Waals surface area contributed by atoms with Crippen molar-refractivity contribution in [1.29, 1.82) is 0 Å². The summed E-state index contributed by atoms with van der Waals surface area (Å²) < 4.78 is 50.8. The van der Waals surface area contributed by atoms with Crippen molar-refractivity contribution in [2.45, 2.75) is 167 Å². The highest BCUT2D eigenvalue weighted by atomic mass is 16.8. The monoisotopic (exact) mass is 796 g/mol. The zero-order chi connectivity index (χ0) is 39.9. The van der Waals surface area contributed by atoms with E-state index in [-0.39, 0.29) is 0 Å². The fraction of sp³-hybridized carbons (Fsp3) is 1.00. The molecule has 5 aliphatic rings. The van der Waals surface area contributed by atoms with E-state index in [0.717, 1.165) is 0 Å². The Balaban J connectivity index is 1.47. The van der Waals surface area contributed by atoms with Gasteiger partial charge in [0.25, 0.3) is 0 Å². The first-order valence-electron chi connectivity index (χ1n) is 17.3. The van der Waals surface area contributed by atoms with E-state index in [1.807, 2.05) is 0 Å². The molecule has 15 N–H and O–H groups in total. The minimum absolute atomic E-state index is 0.846. The molecule has 316 valence electrons. The van der Waals surface area contributed by atoms with E-state index in [2.05, 4.69) is 0 Å². The molecular formula is C30H52O24. The Morgan fingerprint density at radius 2 is 0.722 bits per heavy atom. The number of rotatable bonds is 11. The van der Waals surface area contributed by atoms with Gasteiger partial charge in [0.05, 0.1) is 32.0 Å². The quantitative estimate of drug-likeness (QED) is 0.0923. The lowest BCUT2D eigenvalue weighted by molar-refractivity contribution is -0.409. The summed E-state index contributed by atoms with van der Waals surface area (Å²) >= 11 is 0. The maximum atomic E-state index is 11.8. The van der Waals surface area contributed by atoms with Gasteiger partial charge in [-0.05, 0) is 13.8 Å². The van der Waals surface area contributed by atoms with Gasteiger partial charge >= 0.3 is 0 Å². The molecule has 24 heteroatoms. The molecule has 5 fully saturated rings. The summed E-state index contributed by atoms with van der Waals surface area (Å²) in [4.78, 5) is 0. The Kier molecular flexibility index (Phi) is 15.0. The van der Waals surface area contributed by atoms with Crippen molar-refractivity contribution < 1.29 is 119 Å². The maximum Gasteiger partial charge on any atom is 0.187 e. The van der Waals surface area contributed by atoms with Crippen molar-refractivity contribution in [2.75, 3.05) is 19.8 Å². The average molecular weight is 797 g/mol. The van der Waals surface area contributed by atoms with Gasteiger partial charge in [0.1, 0.15) is 110 Å². The first kappa shape index (κ1) is 44.1. The Bertz CT molecular complexity index is 1170. The van der Waals surface area contributed by atoms with E-state index in [1.54, 1.807) is 0 Å². The Morgan fingerprint density at radius 3 is 1.22 bits per heavy atom. The van der Waals surface area contributed by atoms with Gasteiger partial charge in [-0.2, -0.15) is 0 Å². The molecule has 5 saturated heterocycles. The number of ether oxygens (including phenoxy) is 9. The van der Waals surface area contributed by atoms with Crippen molar-refractivity contribution in [3.05, 3.63) is 0 Å². The van der Waals surface area contributed by atoms with Crippen molar-refractivity contribution in [2.24, 2.45) is 0 Å². The van der Waals surface area contributed by atoms with Gasteiger partial charge in [0.15, 0.2) is 31.5 Å². The first-order chi connectivity index (χ1) is 25.4. The average Bonchev–Trinajstić information content (AvgIpc) is 3.15. The Morgan fingerprint density at radius 1 is 0.333 bits per heavy atom. The van der Waals surface area contributed by atoms with E-state index in [0.29, 0.717) is 0 Å². The van der Waals surface area contributed by atoms with Gasteiger partial charge in [-0.25, -0.2) is 0 Å². The van der Waals surface area contributed by atoms with Crippen LogP contribution in [0.3, 0.4) is 0 Å². The predicted molar refractivity (Wildman–Crippen MR) is 164 cm³/mol. The normalized spacial score (nSPS) is 54.7. The van der Waals surface area contributed by atoms with Gasteiger partial charge in [0, 0.05) is 0 Å². The van der Waals surface area contributed by atoms with Crippen LogP contribution in [0.25, 0.3) is 0 Å². The molecule has 5 rings (SSSR count). The molecule has 0 amide bonds. The highest BCUT2D eigenvalue weighted by molar-refractivity contribution is 4.99. The van der Waals surface area contributed by atoms with Crippen molar-refractivity contribution in [1.82, 2.24) is 0 Å². The fourth-order valence-corrected chi connectivity index (χ4v) is 6.87. The van der Waals surface area contributed by atoms with Gasteiger partial charge in [-0.3, -0.25) is 0 Å². The van der Waals surface area contributed by atoms with Gasteiger partial charge in [0.2, 0.25) is 0 Å². The Hall–Kier alpha value is -0.960. The lowest BCUT2D eigenvalue weighted by Gasteiger charge is -2.50. The predicted octanol–water partition coefficient (Wildman–Crippen LogP) is -9.87. The summed E-state index contributed by atoms with van der Waals surface area (Å²) in [6.45, 7) is -0.0853. The van der Waals surface area contributed by atoms with Gasteiger partial charge < -0.3 is 119 Å². The van der Waals surface area contributed by atoms with Crippen LogP contribution in [0.1, 0.15) is 13.8 Å². The summed E-state index contributed by atoms with van der Waals surface area (Å²) in [6, 6.07) is 0. The zero-order valence-corrected chi connectivity index (χ0v) is 28.9. The van der Waals surface area contributed by atoms with Crippen molar-refractivity contribution in [3.63, 3.8) is 0 Å². The van der Waals surface area contributed by atoms with Crippen LogP contribution in [0.5, 0.6) is 0 Å². The number of aliphatic hydroxyl groups excluding tert-OH is 15. The molecule has 0 spiro atoms. The maximum absolute atomic E-state index is 11.8. The van der Waals surface area contributed by atoms with Crippen LogP contribution >= 0.6 is 0 Å². The van der Waals surface area contributed by atoms with E-state index < -0.39 is 173 Å². The van der Waals surface area contributed by atoms with Crippen molar-refractivity contribution >= 4 is 0 Å². The van der Waals surface area contributed by atoms with Crippen molar-refractivity contribution in [3.8, 4) is 0 Å². The van der Waals surface area contributed by atoms with Gasteiger partial charge in [-0.1, -0.05) is 0 Å². The SMILES string of the molecule is C[C@@H]1O[C@@H](O[C@H]2[C@H](O[C@H]3[C@@H](O)[C@@H](CO)OC(O)[C@@H]3O[C@@H]3O[C@@H](C)[C@@H](O)[C@@H](O)[C@@H]3O)O[C@H](CO)[C@H](O[C@H]3O[C@H](CO)[C@H](O)[C@H](O)[C@H]3O)[C@@H]2O)[C@@H](O)[C@H](O)[C@@H]1O. The fourth-order valence-electron chi connectivity index (χ4n) is 6.87. The summed E-state index contributed by atoms with van der Waals surface area (Å²) in [6.07, 6.45) is -44.6. The van der Waals surface area contributed by atoms with Crippen LogP contribution in [0.2, 0.25) is 0 Å². The number of hydrogen-bond acceptors (Lipinski definition) is 24. The molecule has 0 saturated carbocycles. The largest absolute Gasteiger partial charge is 0.394 e. The molecule has 0 aliphatic carbocycles. The molecule has 5 aliphatic heterocycles. The zero-order valence-electron chi connectivity index (χ0n) is 28.9. The van der Waals surface area contributed by atoms with Crippen LogP contribution in [0.4, 0.5) is 0 Å². The molecule has 25 atom stereocenters. The van der Waals surface area contributed by atoms with Crippen LogP contribution < -0.4 is 0 Å². The molecule has 0 radical (unpaired) electrons. The molecular weight excluding hydrogens is 744 g/mol. The van der Waals surface area contributed by atoms with Gasteiger partial charge in [-0.15, -0.1) is 0 Å². The Labute approximate surface area is 306 Å². The molecule has 0 aromatic rings. The summed E-state index contributed by atoms with van der Waals surface area (Å²) in [5.41, 5.74) is 0. The lowest BCUT2D eigenvalue weighted by Crippen LogP contribution is -2.69.